The van der Waals surface area contributed by atoms with Crippen LogP contribution in [0.4, 0.5) is 0 Å². The molecule has 0 aromatic rings. The molecule has 20 heteroatoms. The summed E-state index contributed by atoms with van der Waals surface area (Å²) in [6, 6.07) is 0. The number of hydrogen-bond donors (Lipinski definition) is 11. The average molecular weight is 711 g/mol. The van der Waals surface area contributed by atoms with Gasteiger partial charge in [0, 0.05) is 105 Å². The van der Waals surface area contributed by atoms with Gasteiger partial charge in [-0.25, -0.2) is 0 Å². The Kier molecular flexibility index (Phi) is 26.9. The fourth-order valence-electron chi connectivity index (χ4n) is 4.06. The molecule has 0 radical (unpaired) electrons. The lowest BCUT2D eigenvalue weighted by molar-refractivity contribution is -0.130. The molecule has 2 atom stereocenters. The molecule has 0 saturated heterocycles. The Morgan fingerprint density at radius 3 is 1.33 bits per heavy atom. The Balaban J connectivity index is 4.51. The highest BCUT2D eigenvalue weighted by Gasteiger charge is 2.16. The first-order valence-corrected chi connectivity index (χ1v) is 16.4. The predicted molar refractivity (Wildman–Crippen MR) is 178 cm³/mol. The van der Waals surface area contributed by atoms with Crippen LogP contribution in [-0.2, 0) is 28.8 Å². The van der Waals surface area contributed by atoms with E-state index in [1.807, 2.05) is 0 Å². The van der Waals surface area contributed by atoms with Crippen molar-refractivity contribution in [2.45, 2.75) is 31.5 Å². The molecule has 0 heterocycles. The van der Waals surface area contributed by atoms with Crippen LogP contribution in [0.1, 0.15) is 19.3 Å². The summed E-state index contributed by atoms with van der Waals surface area (Å²) in [6.07, 6.45) is -2.99. The number of nitrogens with two attached hydrogens (primary N) is 1. The summed E-state index contributed by atoms with van der Waals surface area (Å²) in [5.74, 6) is -2.86. The highest BCUT2D eigenvalue weighted by atomic mass is 35.5. The molecule has 0 bridgehead atoms. The average Bonchev–Trinajstić information content (AvgIpc) is 3.03. The van der Waals surface area contributed by atoms with Crippen molar-refractivity contribution in [1.82, 2.24) is 47.0 Å². The van der Waals surface area contributed by atoms with E-state index in [2.05, 4.69) is 37.2 Å². The van der Waals surface area contributed by atoms with Crippen molar-refractivity contribution in [2.24, 2.45) is 5.73 Å². The first kappa shape index (κ1) is 44.8. The van der Waals surface area contributed by atoms with Gasteiger partial charge in [-0.1, -0.05) is 0 Å². The van der Waals surface area contributed by atoms with E-state index in [0.717, 1.165) is 0 Å². The number of carbonyl (C=O) groups excluding carboxylic acids is 6. The summed E-state index contributed by atoms with van der Waals surface area (Å²) in [5, 5.41) is 47.5. The van der Waals surface area contributed by atoms with E-state index in [1.165, 1.54) is 7.05 Å². The van der Waals surface area contributed by atoms with Crippen molar-refractivity contribution in [2.75, 3.05) is 111 Å². The Bertz CT molecular complexity index is 967. The van der Waals surface area contributed by atoms with E-state index >= 15 is 0 Å². The lowest BCUT2D eigenvalue weighted by atomic mass is 10.3. The van der Waals surface area contributed by atoms with Gasteiger partial charge in [0.15, 0.2) is 0 Å². The minimum atomic E-state index is -1.05. The van der Waals surface area contributed by atoms with Gasteiger partial charge in [-0.3, -0.25) is 38.6 Å². The van der Waals surface area contributed by atoms with Crippen LogP contribution in [0.25, 0.3) is 0 Å². The van der Waals surface area contributed by atoms with Crippen LogP contribution in [0, 0.1) is 0 Å². The number of carbonyl (C=O) groups is 6. The van der Waals surface area contributed by atoms with Crippen LogP contribution >= 0.6 is 11.6 Å². The molecule has 2 unspecified atom stereocenters. The quantitative estimate of drug-likeness (QED) is 0.0196. The first-order valence-electron chi connectivity index (χ1n) is 15.9. The van der Waals surface area contributed by atoms with Crippen molar-refractivity contribution < 1.29 is 44.1 Å². The Labute approximate surface area is 286 Å². The second-order valence-corrected chi connectivity index (χ2v) is 11.0. The highest BCUT2D eigenvalue weighted by molar-refractivity contribution is 6.18. The van der Waals surface area contributed by atoms with Gasteiger partial charge in [-0.05, 0) is 0 Å². The van der Waals surface area contributed by atoms with Gasteiger partial charge >= 0.3 is 0 Å². The minimum Gasteiger partial charge on any atom is -0.394 e. The maximum absolute atomic E-state index is 12.3. The fraction of sp³-hybridized carbons (Fsp3) is 0.786. The van der Waals surface area contributed by atoms with Crippen LogP contribution in [0.5, 0.6) is 0 Å². The summed E-state index contributed by atoms with van der Waals surface area (Å²) in [7, 11) is 1.43. The van der Waals surface area contributed by atoms with Crippen molar-refractivity contribution in [3.63, 3.8) is 0 Å². The lowest BCUT2D eigenvalue weighted by Gasteiger charge is -2.25. The standard InChI is InChI=1S/C28H55ClN10O9/c1-31-23(43)14-24(44)34-6-10-38(18-21(41)17-29)11-7-35-27(47)16-28(48)37-9-13-39(19-22(42)20-40)12-8-36-26(46)15-25(45)33-5-4-32-3-2-30/h21-22,32,40-42H,2-20,30H2,1H3,(H,31,43)(H,33,45)(H,34,44)(H,35,47)(H,36,46)(H,37,48). The molecule has 6 amide bonds. The third kappa shape index (κ3) is 25.9. The molecule has 48 heavy (non-hydrogen) atoms. The van der Waals surface area contributed by atoms with E-state index in [-0.39, 0.29) is 71.1 Å². The predicted octanol–water partition coefficient (Wildman–Crippen LogP) is -6.41. The third-order valence-corrected chi connectivity index (χ3v) is 6.87. The fourth-order valence-corrected chi connectivity index (χ4v) is 4.16. The summed E-state index contributed by atoms with van der Waals surface area (Å²) in [6.45, 7) is 3.49. The first-order chi connectivity index (χ1) is 22.9. The van der Waals surface area contributed by atoms with Crippen LogP contribution in [-0.4, -0.2) is 184 Å². The molecule has 0 aliphatic rings. The minimum absolute atomic E-state index is 0.00932. The monoisotopic (exact) mass is 710 g/mol. The van der Waals surface area contributed by atoms with Gasteiger partial charge in [0.25, 0.3) is 0 Å². The van der Waals surface area contributed by atoms with Gasteiger partial charge in [0.2, 0.25) is 35.4 Å². The maximum Gasteiger partial charge on any atom is 0.229 e. The van der Waals surface area contributed by atoms with Crippen molar-refractivity contribution >= 4 is 47.0 Å². The zero-order valence-corrected chi connectivity index (χ0v) is 28.5. The SMILES string of the molecule is CNC(=O)CC(=O)NCCN(CCNC(=O)CC(=O)NCCN(CCNC(=O)CC(=O)NCCNCCN)CC(O)CO)CC(O)CCl. The summed E-state index contributed by atoms with van der Waals surface area (Å²) < 4.78 is 0. The number of amides is 6. The maximum atomic E-state index is 12.3. The molecule has 12 N–H and O–H groups in total. The van der Waals surface area contributed by atoms with Crippen molar-refractivity contribution in [3.05, 3.63) is 0 Å². The Morgan fingerprint density at radius 2 is 0.979 bits per heavy atom. The largest absolute Gasteiger partial charge is 0.394 e. The number of nitrogens with zero attached hydrogens (tertiary/aromatic N) is 2. The second kappa shape index (κ2) is 28.8. The van der Waals surface area contributed by atoms with E-state index in [9.17, 15) is 44.1 Å². The molecule has 19 nitrogen and oxygen atoms in total. The van der Waals surface area contributed by atoms with Crippen molar-refractivity contribution in [1.29, 1.82) is 0 Å². The Morgan fingerprint density at radius 1 is 0.604 bits per heavy atom. The molecule has 0 aliphatic heterocycles. The summed E-state index contributed by atoms with van der Waals surface area (Å²) in [4.78, 5) is 75.2. The molecule has 0 fully saturated rings. The second-order valence-electron chi connectivity index (χ2n) is 10.7. The van der Waals surface area contributed by atoms with Crippen molar-refractivity contribution in [3.8, 4) is 0 Å². The third-order valence-electron chi connectivity index (χ3n) is 6.51. The summed E-state index contributed by atoms with van der Waals surface area (Å²) in [5.41, 5.74) is 5.37. The molecular weight excluding hydrogens is 656 g/mol. The zero-order valence-electron chi connectivity index (χ0n) is 27.7. The summed E-state index contributed by atoms with van der Waals surface area (Å²) >= 11 is 5.70. The number of halogens is 1. The smallest absolute Gasteiger partial charge is 0.229 e. The van der Waals surface area contributed by atoms with Crippen LogP contribution in [0.2, 0.25) is 0 Å². The van der Waals surface area contributed by atoms with E-state index < -0.39 is 60.7 Å². The number of aliphatic hydroxyl groups excluding tert-OH is 3. The van der Waals surface area contributed by atoms with E-state index in [1.54, 1.807) is 9.80 Å². The normalized spacial score (nSPS) is 12.2. The Hall–Kier alpha value is -3.17. The molecule has 0 aromatic heterocycles. The number of rotatable bonds is 29. The number of aliphatic hydroxyl groups is 3. The lowest BCUT2D eigenvalue weighted by Crippen LogP contribution is -2.45. The number of nitrogens with one attached hydrogen (secondary N) is 7. The molecule has 0 spiro atoms. The van der Waals surface area contributed by atoms with Gasteiger partial charge in [0.05, 0.1) is 18.8 Å². The van der Waals surface area contributed by atoms with Crippen LogP contribution in [0.15, 0.2) is 0 Å². The number of alkyl halides is 1. The zero-order chi connectivity index (χ0) is 36.2. The topological polar surface area (TPSA) is 280 Å². The van der Waals surface area contributed by atoms with Gasteiger partial charge < -0.3 is 58.3 Å². The van der Waals surface area contributed by atoms with Gasteiger partial charge in [0.1, 0.15) is 19.3 Å². The number of hydrogen-bond acceptors (Lipinski definition) is 13. The van der Waals surface area contributed by atoms with E-state index in [4.69, 9.17) is 17.3 Å². The molecule has 0 aromatic carbocycles. The van der Waals surface area contributed by atoms with Crippen LogP contribution < -0.4 is 43.0 Å². The van der Waals surface area contributed by atoms with Gasteiger partial charge in [-0.15, -0.1) is 11.6 Å². The molecule has 0 rings (SSSR count). The highest BCUT2D eigenvalue weighted by Crippen LogP contribution is 1.96. The molecule has 0 saturated carbocycles. The molecule has 278 valence electrons. The van der Waals surface area contributed by atoms with Crippen LogP contribution in [0.3, 0.4) is 0 Å². The van der Waals surface area contributed by atoms with E-state index in [0.29, 0.717) is 39.3 Å². The molecular formula is C28H55ClN10O9. The van der Waals surface area contributed by atoms with Gasteiger partial charge in [-0.2, -0.15) is 0 Å². The molecule has 0 aliphatic carbocycles.